The fourth-order valence-corrected chi connectivity index (χ4v) is 3.96. The molecule has 0 spiro atoms. The highest BCUT2D eigenvalue weighted by atomic mass is 16.5. The van der Waals surface area contributed by atoms with E-state index >= 15 is 0 Å². The molecule has 32 heavy (non-hydrogen) atoms. The van der Waals surface area contributed by atoms with Gasteiger partial charge in [0.25, 0.3) is 5.91 Å². The highest BCUT2D eigenvalue weighted by molar-refractivity contribution is 5.99. The van der Waals surface area contributed by atoms with E-state index in [9.17, 15) is 14.4 Å². The van der Waals surface area contributed by atoms with E-state index in [4.69, 9.17) is 9.15 Å². The summed E-state index contributed by atoms with van der Waals surface area (Å²) >= 11 is 0. The summed E-state index contributed by atoms with van der Waals surface area (Å²) in [5.74, 6) is -0.441. The summed E-state index contributed by atoms with van der Waals surface area (Å²) in [5, 5.41) is 5.64. The molecule has 3 atom stereocenters. The van der Waals surface area contributed by atoms with Gasteiger partial charge in [-0.05, 0) is 50.2 Å². The average Bonchev–Trinajstić information content (AvgIpc) is 3.32. The second kappa shape index (κ2) is 10.1. The van der Waals surface area contributed by atoms with Crippen LogP contribution in [0, 0.1) is 12.3 Å². The van der Waals surface area contributed by atoms with E-state index in [1.807, 2.05) is 18.2 Å². The van der Waals surface area contributed by atoms with E-state index in [1.54, 1.807) is 19.9 Å². The molecule has 0 radical (unpaired) electrons. The lowest BCUT2D eigenvalue weighted by Gasteiger charge is -2.30. The molecule has 1 fully saturated rings. The van der Waals surface area contributed by atoms with Gasteiger partial charge in [-0.1, -0.05) is 44.2 Å². The van der Waals surface area contributed by atoms with Crippen molar-refractivity contribution in [1.29, 1.82) is 0 Å². The van der Waals surface area contributed by atoms with Crippen LogP contribution in [0.4, 0.5) is 0 Å². The van der Waals surface area contributed by atoms with Crippen molar-refractivity contribution in [3.63, 3.8) is 0 Å². The molecule has 2 heterocycles. The first-order valence-corrected chi connectivity index (χ1v) is 11.0. The molecule has 1 saturated heterocycles. The Morgan fingerprint density at radius 1 is 1.19 bits per heavy atom. The summed E-state index contributed by atoms with van der Waals surface area (Å²) in [6.07, 6.45) is 3.17. The number of benzene rings is 1. The summed E-state index contributed by atoms with van der Waals surface area (Å²) in [6.45, 7) is 7.60. The molecular weight excluding hydrogens is 408 g/mol. The minimum atomic E-state index is -0.803. The van der Waals surface area contributed by atoms with Crippen molar-refractivity contribution in [3.05, 3.63) is 59.5 Å². The predicted molar refractivity (Wildman–Crippen MR) is 120 cm³/mol. The van der Waals surface area contributed by atoms with Gasteiger partial charge in [0.05, 0.1) is 17.9 Å². The van der Waals surface area contributed by atoms with Gasteiger partial charge in [-0.15, -0.1) is 0 Å². The van der Waals surface area contributed by atoms with E-state index in [0.717, 1.165) is 12.8 Å². The number of carbonyl (C=O) groups is 3. The van der Waals surface area contributed by atoms with Crippen LogP contribution < -0.4 is 10.6 Å². The van der Waals surface area contributed by atoms with Gasteiger partial charge in [0, 0.05) is 0 Å². The normalized spacial score (nSPS) is 19.6. The van der Waals surface area contributed by atoms with Gasteiger partial charge in [-0.3, -0.25) is 14.4 Å². The zero-order valence-electron chi connectivity index (χ0n) is 19.1. The van der Waals surface area contributed by atoms with Crippen LogP contribution in [0.1, 0.15) is 55.3 Å². The van der Waals surface area contributed by atoms with Crippen LogP contribution in [-0.4, -0.2) is 42.4 Å². The highest BCUT2D eigenvalue weighted by Gasteiger charge is 2.37. The van der Waals surface area contributed by atoms with Gasteiger partial charge >= 0.3 is 0 Å². The van der Waals surface area contributed by atoms with Gasteiger partial charge in [-0.2, -0.15) is 0 Å². The molecule has 172 valence electrons. The van der Waals surface area contributed by atoms with Crippen molar-refractivity contribution in [2.24, 2.45) is 5.41 Å². The first kappa shape index (κ1) is 23.7. The zero-order chi connectivity index (χ0) is 23.3. The fraction of sp³-hybridized carbons (Fsp3) is 0.480. The fourth-order valence-electron chi connectivity index (χ4n) is 3.96. The Hall–Kier alpha value is -2.93. The topological polar surface area (TPSA) is 97.6 Å². The van der Waals surface area contributed by atoms with E-state index in [1.165, 1.54) is 11.8 Å². The minimum Gasteiger partial charge on any atom is -0.469 e. The maximum absolute atomic E-state index is 13.2. The van der Waals surface area contributed by atoms with E-state index < -0.39 is 18.2 Å². The monoisotopic (exact) mass is 440 g/mol. The Labute approximate surface area is 188 Å². The van der Waals surface area contributed by atoms with Gasteiger partial charge in [0.1, 0.15) is 24.5 Å². The van der Waals surface area contributed by atoms with Crippen molar-refractivity contribution in [1.82, 2.24) is 10.6 Å². The van der Waals surface area contributed by atoms with Crippen LogP contribution in [0.2, 0.25) is 0 Å². The largest absolute Gasteiger partial charge is 0.469 e. The third-order valence-corrected chi connectivity index (χ3v) is 6.02. The molecule has 2 amide bonds. The van der Waals surface area contributed by atoms with Crippen molar-refractivity contribution in [2.45, 2.75) is 65.1 Å². The van der Waals surface area contributed by atoms with E-state index in [0.29, 0.717) is 17.7 Å². The third kappa shape index (κ3) is 6.07. The number of carbonyl (C=O) groups excluding carboxylic acids is 3. The standard InChI is InChI=1S/C25H32N2O5/c1-16-19(11-13-31-16)23(29)26-20(24(30)27-22-17(2)32-15-21(22)28)14-25(3,4)12-10-18-8-6-5-7-9-18/h5-9,11,13,17,20,22H,10,12,14-15H2,1-4H3,(H,26,29)(H,27,30)/t17-,20?,22-/m0/s1. The molecule has 1 aliphatic rings. The lowest BCUT2D eigenvalue weighted by molar-refractivity contribution is -0.128. The molecule has 0 bridgehead atoms. The second-order valence-electron chi connectivity index (χ2n) is 9.24. The van der Waals surface area contributed by atoms with Crippen molar-refractivity contribution in [2.75, 3.05) is 6.61 Å². The summed E-state index contributed by atoms with van der Waals surface area (Å²) < 4.78 is 10.6. The maximum Gasteiger partial charge on any atom is 0.255 e. The van der Waals surface area contributed by atoms with Crippen molar-refractivity contribution < 1.29 is 23.5 Å². The average molecular weight is 441 g/mol. The van der Waals surface area contributed by atoms with Crippen molar-refractivity contribution >= 4 is 17.6 Å². The number of Topliss-reactive ketones (excluding diaryl/α,β-unsaturated/α-hetero) is 1. The molecule has 7 heteroatoms. The number of ether oxygens (including phenoxy) is 1. The molecule has 0 saturated carbocycles. The Morgan fingerprint density at radius 3 is 2.50 bits per heavy atom. The molecule has 3 rings (SSSR count). The predicted octanol–water partition coefficient (Wildman–Crippen LogP) is 3.21. The number of aryl methyl sites for hydroxylation is 2. The van der Waals surface area contributed by atoms with Crippen LogP contribution in [0.3, 0.4) is 0 Å². The molecule has 1 aromatic carbocycles. The van der Waals surface area contributed by atoms with Crippen LogP contribution in [0.5, 0.6) is 0 Å². The number of amides is 2. The zero-order valence-corrected chi connectivity index (χ0v) is 19.1. The highest BCUT2D eigenvalue weighted by Crippen LogP contribution is 2.29. The Balaban J connectivity index is 1.72. The SMILES string of the molecule is Cc1occc1C(=O)NC(CC(C)(C)CCc1ccccc1)C(=O)N[C@@H]1C(=O)CO[C@H]1C. The molecule has 7 nitrogen and oxygen atoms in total. The second-order valence-corrected chi connectivity index (χ2v) is 9.24. The number of ketones is 1. The number of hydrogen-bond donors (Lipinski definition) is 2. The smallest absolute Gasteiger partial charge is 0.255 e. The van der Waals surface area contributed by atoms with E-state index in [-0.39, 0.29) is 29.6 Å². The number of furan rings is 1. The molecule has 1 aromatic heterocycles. The first-order valence-electron chi connectivity index (χ1n) is 11.0. The van der Waals surface area contributed by atoms with Crippen LogP contribution >= 0.6 is 0 Å². The van der Waals surface area contributed by atoms with Gasteiger partial charge in [0.15, 0.2) is 5.78 Å². The maximum atomic E-state index is 13.2. The lowest BCUT2D eigenvalue weighted by atomic mass is 9.80. The first-order chi connectivity index (χ1) is 15.2. The number of rotatable bonds is 9. The van der Waals surface area contributed by atoms with E-state index in [2.05, 4.69) is 36.6 Å². The van der Waals surface area contributed by atoms with Crippen LogP contribution in [0.15, 0.2) is 47.1 Å². The van der Waals surface area contributed by atoms with Gasteiger partial charge < -0.3 is 19.8 Å². The van der Waals surface area contributed by atoms with Crippen molar-refractivity contribution in [3.8, 4) is 0 Å². The Morgan fingerprint density at radius 2 is 1.91 bits per heavy atom. The number of nitrogens with one attached hydrogen (secondary N) is 2. The summed E-state index contributed by atoms with van der Waals surface area (Å²) in [6, 6.07) is 10.2. The summed E-state index contributed by atoms with van der Waals surface area (Å²) in [4.78, 5) is 38.1. The van der Waals surface area contributed by atoms with Gasteiger partial charge in [-0.25, -0.2) is 0 Å². The summed E-state index contributed by atoms with van der Waals surface area (Å²) in [5.41, 5.74) is 1.37. The Kier molecular flexibility index (Phi) is 7.51. The minimum absolute atomic E-state index is 0.0140. The van der Waals surface area contributed by atoms with Gasteiger partial charge in [0.2, 0.25) is 5.91 Å². The molecule has 1 aliphatic heterocycles. The Bertz CT molecular complexity index is 950. The van der Waals surface area contributed by atoms with Crippen LogP contribution in [0.25, 0.3) is 0 Å². The lowest BCUT2D eigenvalue weighted by Crippen LogP contribution is -2.54. The summed E-state index contributed by atoms with van der Waals surface area (Å²) in [7, 11) is 0. The number of hydrogen-bond acceptors (Lipinski definition) is 5. The van der Waals surface area contributed by atoms with Crippen LogP contribution in [-0.2, 0) is 20.7 Å². The molecule has 0 aliphatic carbocycles. The molecular formula is C25H32N2O5. The quantitative estimate of drug-likeness (QED) is 0.624. The molecule has 1 unspecified atom stereocenters. The molecule has 2 aromatic rings. The third-order valence-electron chi connectivity index (χ3n) is 6.02. The molecule has 2 N–H and O–H groups in total.